The lowest BCUT2D eigenvalue weighted by atomic mass is 11.4. The van der Waals surface area contributed by atoms with Crippen LogP contribution in [-0.4, -0.2) is 28.5 Å². The van der Waals surface area contributed by atoms with Crippen LogP contribution < -0.4 is 0 Å². The number of hydrogen-bond acceptors (Lipinski definition) is 6. The predicted octanol–water partition coefficient (Wildman–Crippen LogP) is -1.10. The molecule has 0 bridgehead atoms. The van der Waals surface area contributed by atoms with Crippen molar-refractivity contribution in [3.8, 4) is 0 Å². The van der Waals surface area contributed by atoms with Crippen LogP contribution in [0.4, 0.5) is 4.39 Å². The molecule has 0 spiro atoms. The second kappa shape index (κ2) is 2.37. The minimum absolute atomic E-state index is 1.35. The Balaban J connectivity index is 3.02. The van der Waals surface area contributed by atoms with E-state index < -0.39 is 31.9 Å². The highest BCUT2D eigenvalue weighted by Gasteiger charge is 2.36. The van der Waals surface area contributed by atoms with Crippen LogP contribution in [-0.2, 0) is 28.6 Å². The Morgan fingerprint density at radius 1 is 1.09 bits per heavy atom. The summed E-state index contributed by atoms with van der Waals surface area (Å²) in [6.45, 7) is -2.75. The van der Waals surface area contributed by atoms with Gasteiger partial charge in [-0.2, -0.15) is 21.2 Å². The summed E-state index contributed by atoms with van der Waals surface area (Å²) in [4.78, 5) is 0. The first-order valence-corrected chi connectivity index (χ1v) is 5.42. The van der Waals surface area contributed by atoms with E-state index in [1.54, 1.807) is 0 Å². The van der Waals surface area contributed by atoms with Gasteiger partial charge in [0, 0.05) is 0 Å². The highest BCUT2D eigenvalue weighted by Crippen LogP contribution is 2.16. The number of halogens is 1. The Morgan fingerprint density at radius 3 is 1.73 bits per heavy atom. The molecule has 0 atom stereocenters. The van der Waals surface area contributed by atoms with Crippen molar-refractivity contribution in [1.82, 2.24) is 0 Å². The molecule has 0 aromatic heterocycles. The van der Waals surface area contributed by atoms with Gasteiger partial charge in [0.1, 0.15) is 0 Å². The molecular weight excluding hydrogens is 203 g/mol. The van der Waals surface area contributed by atoms with Crippen LogP contribution in [0.15, 0.2) is 0 Å². The molecule has 0 aromatic carbocycles. The van der Waals surface area contributed by atoms with E-state index in [0.717, 1.165) is 0 Å². The summed E-state index contributed by atoms with van der Waals surface area (Å²) < 4.78 is 60.4. The largest absolute Gasteiger partial charge is 0.338 e. The average Bonchev–Trinajstić information content (AvgIpc) is 1.49. The van der Waals surface area contributed by atoms with E-state index >= 15 is 0 Å². The molecule has 11 heavy (non-hydrogen) atoms. The highest BCUT2D eigenvalue weighted by molar-refractivity contribution is 8.04. The normalized spacial score (nSPS) is 29.9. The third kappa shape index (κ3) is 2.36. The summed E-state index contributed by atoms with van der Waals surface area (Å²) in [6.07, 6.45) is 0. The van der Waals surface area contributed by atoms with Crippen molar-refractivity contribution >= 4 is 20.2 Å². The van der Waals surface area contributed by atoms with Gasteiger partial charge in [0.25, 0.3) is 20.2 Å². The van der Waals surface area contributed by atoms with E-state index in [4.69, 9.17) is 0 Å². The fourth-order valence-corrected chi connectivity index (χ4v) is 2.93. The SMILES string of the molecule is O=S1(=O)CS(=O)(=O)OC(F)O1. The summed E-state index contributed by atoms with van der Waals surface area (Å²) in [7, 11) is -8.66. The third-order valence-corrected chi connectivity index (χ3v) is 3.93. The van der Waals surface area contributed by atoms with Crippen LogP contribution in [0.3, 0.4) is 0 Å². The maximum Gasteiger partial charge on any atom is 0.338 e. The first-order valence-electron chi connectivity index (χ1n) is 2.27. The predicted molar refractivity (Wildman–Crippen MR) is 29.8 cm³/mol. The molecule has 66 valence electrons. The summed E-state index contributed by atoms with van der Waals surface area (Å²) in [5.41, 5.74) is 0. The topological polar surface area (TPSA) is 86.7 Å². The maximum absolute atomic E-state index is 12.0. The number of hydrogen-bond donors (Lipinski definition) is 0. The zero-order valence-electron chi connectivity index (χ0n) is 4.93. The smallest absolute Gasteiger partial charge is 0.205 e. The van der Waals surface area contributed by atoms with E-state index in [0.29, 0.717) is 0 Å². The van der Waals surface area contributed by atoms with Crippen molar-refractivity contribution in [1.29, 1.82) is 0 Å². The minimum atomic E-state index is -4.33. The Bertz CT molecular complexity index is 305. The van der Waals surface area contributed by atoms with Crippen molar-refractivity contribution < 1.29 is 29.6 Å². The second-order valence-corrected chi connectivity index (χ2v) is 5.26. The molecule has 0 N–H and O–H groups in total. The first-order chi connectivity index (χ1) is 4.81. The second-order valence-electron chi connectivity index (χ2n) is 1.70. The molecule has 1 aliphatic heterocycles. The highest BCUT2D eigenvalue weighted by atomic mass is 32.3. The van der Waals surface area contributed by atoms with Gasteiger partial charge in [0.05, 0.1) is 0 Å². The molecule has 1 fully saturated rings. The third-order valence-electron chi connectivity index (χ3n) is 0.733. The molecule has 0 unspecified atom stereocenters. The lowest BCUT2D eigenvalue weighted by Crippen LogP contribution is -2.33. The molecule has 9 heteroatoms. The number of alkyl halides is 1. The average molecular weight is 206 g/mol. The van der Waals surface area contributed by atoms with Gasteiger partial charge < -0.3 is 0 Å². The maximum atomic E-state index is 12.0. The van der Waals surface area contributed by atoms with Gasteiger partial charge in [-0.1, -0.05) is 0 Å². The molecule has 1 heterocycles. The molecule has 0 aromatic rings. The van der Waals surface area contributed by atoms with Crippen LogP contribution in [0.5, 0.6) is 0 Å². The molecule has 0 saturated carbocycles. The van der Waals surface area contributed by atoms with E-state index in [2.05, 4.69) is 8.37 Å². The van der Waals surface area contributed by atoms with Gasteiger partial charge in [0.2, 0.25) is 5.08 Å². The van der Waals surface area contributed by atoms with Crippen LogP contribution in [0.25, 0.3) is 0 Å². The molecule has 0 radical (unpaired) electrons. The summed E-state index contributed by atoms with van der Waals surface area (Å²) >= 11 is 0. The molecule has 0 aliphatic carbocycles. The van der Waals surface area contributed by atoms with Gasteiger partial charge in [-0.25, -0.2) is 8.37 Å². The summed E-state index contributed by atoms with van der Waals surface area (Å²) in [5.74, 6) is 0. The fourth-order valence-electron chi connectivity index (χ4n) is 0.479. The van der Waals surface area contributed by atoms with Crippen molar-refractivity contribution in [2.24, 2.45) is 0 Å². The van der Waals surface area contributed by atoms with Crippen LogP contribution >= 0.6 is 0 Å². The summed E-state index contributed by atoms with van der Waals surface area (Å²) in [5, 5.41) is -1.35. The van der Waals surface area contributed by atoms with Crippen molar-refractivity contribution in [2.45, 2.75) is 6.54 Å². The van der Waals surface area contributed by atoms with Crippen LogP contribution in [0, 0.1) is 0 Å². The minimum Gasteiger partial charge on any atom is -0.205 e. The fraction of sp³-hybridized carbons (Fsp3) is 1.00. The Hall–Kier alpha value is -0.250. The molecule has 6 nitrogen and oxygen atoms in total. The standard InChI is InChI=1S/C2H3FO6S2/c3-2-8-10(4,5)1-11(6,7)9-2/h2H,1H2. The Kier molecular flexibility index (Phi) is 1.90. The van der Waals surface area contributed by atoms with Crippen LogP contribution in [0.2, 0.25) is 0 Å². The lowest BCUT2D eigenvalue weighted by molar-refractivity contribution is -0.0935. The van der Waals surface area contributed by atoms with Gasteiger partial charge in [-0.05, 0) is 0 Å². The molecule has 0 amide bonds. The molecular formula is C2H3FO6S2. The van der Waals surface area contributed by atoms with Gasteiger partial charge >= 0.3 is 6.54 Å². The van der Waals surface area contributed by atoms with E-state index in [1.165, 1.54) is 0 Å². The zero-order chi connectivity index (χ0) is 8.70. The number of rotatable bonds is 0. The summed E-state index contributed by atoms with van der Waals surface area (Å²) in [6, 6.07) is 0. The van der Waals surface area contributed by atoms with Crippen molar-refractivity contribution in [2.75, 3.05) is 5.08 Å². The van der Waals surface area contributed by atoms with Crippen molar-refractivity contribution in [3.63, 3.8) is 0 Å². The monoisotopic (exact) mass is 206 g/mol. The first kappa shape index (κ1) is 8.84. The zero-order valence-corrected chi connectivity index (χ0v) is 6.56. The molecule has 1 saturated heterocycles. The van der Waals surface area contributed by atoms with Crippen LogP contribution in [0.1, 0.15) is 0 Å². The van der Waals surface area contributed by atoms with E-state index in [9.17, 15) is 21.2 Å². The van der Waals surface area contributed by atoms with Gasteiger partial charge in [0.15, 0.2) is 0 Å². The van der Waals surface area contributed by atoms with E-state index in [1.807, 2.05) is 0 Å². The Labute approximate surface area is 62.2 Å². The van der Waals surface area contributed by atoms with Gasteiger partial charge in [-0.15, -0.1) is 0 Å². The molecule has 1 rings (SSSR count). The lowest BCUT2D eigenvalue weighted by Gasteiger charge is -2.15. The van der Waals surface area contributed by atoms with E-state index in [-0.39, 0.29) is 0 Å². The van der Waals surface area contributed by atoms with Gasteiger partial charge in [-0.3, -0.25) is 0 Å². The quantitative estimate of drug-likeness (QED) is 0.468. The molecule has 1 aliphatic rings. The van der Waals surface area contributed by atoms with Crippen molar-refractivity contribution in [3.05, 3.63) is 0 Å². The Morgan fingerprint density at radius 2 is 1.45 bits per heavy atom.